The maximum atomic E-state index is 11.3. The Bertz CT molecular complexity index is 213. The number of esters is 1. The molecule has 1 saturated carbocycles. The number of methoxy groups -OCH3 is 1. The highest BCUT2D eigenvalue weighted by molar-refractivity contribution is 5.76. The molecular weight excluding hydrogens is 166 g/mol. The highest BCUT2D eigenvalue weighted by Crippen LogP contribution is 2.38. The highest BCUT2D eigenvalue weighted by atomic mass is 16.5. The van der Waals surface area contributed by atoms with Crippen LogP contribution in [0.3, 0.4) is 0 Å². The van der Waals surface area contributed by atoms with Crippen LogP contribution in [0.4, 0.5) is 0 Å². The molecule has 2 fully saturated rings. The molecule has 1 aliphatic heterocycles. The van der Waals surface area contributed by atoms with Crippen LogP contribution in [0, 0.1) is 5.92 Å². The maximum Gasteiger partial charge on any atom is 0.323 e. The van der Waals surface area contributed by atoms with Crippen LogP contribution < -0.4 is 0 Å². The molecule has 1 aliphatic carbocycles. The second-order valence-electron chi connectivity index (χ2n) is 4.14. The number of ether oxygens (including phenoxy) is 1. The van der Waals surface area contributed by atoms with Crippen molar-refractivity contribution in [3.05, 3.63) is 0 Å². The summed E-state index contributed by atoms with van der Waals surface area (Å²) in [6.45, 7) is 3.30. The molecule has 2 aliphatic rings. The Morgan fingerprint density at radius 1 is 1.46 bits per heavy atom. The molecule has 0 aromatic heterocycles. The zero-order valence-corrected chi connectivity index (χ0v) is 8.32. The molecule has 0 radical (unpaired) electrons. The Balaban J connectivity index is 1.89. The van der Waals surface area contributed by atoms with Crippen molar-refractivity contribution in [3.63, 3.8) is 0 Å². The Hall–Kier alpha value is -0.570. The fourth-order valence-electron chi connectivity index (χ4n) is 2.13. The maximum absolute atomic E-state index is 11.3. The second kappa shape index (κ2) is 3.29. The summed E-state index contributed by atoms with van der Waals surface area (Å²) < 4.78 is 4.75. The summed E-state index contributed by atoms with van der Waals surface area (Å²) in [6, 6.07) is 0.637. The van der Waals surface area contributed by atoms with Crippen LogP contribution in [0.5, 0.6) is 0 Å². The average Bonchev–Trinajstić information content (AvgIpc) is 2.84. The number of hydrogen-bond acceptors (Lipinski definition) is 3. The minimum absolute atomic E-state index is 0.0561. The lowest BCUT2D eigenvalue weighted by Crippen LogP contribution is -2.57. The monoisotopic (exact) mass is 183 g/mol. The van der Waals surface area contributed by atoms with Crippen LogP contribution in [0.2, 0.25) is 0 Å². The normalized spacial score (nSPS) is 30.8. The number of likely N-dealkylation sites (tertiary alicyclic amines) is 1. The Morgan fingerprint density at radius 3 is 2.54 bits per heavy atom. The van der Waals surface area contributed by atoms with Gasteiger partial charge in [-0.05, 0) is 32.1 Å². The zero-order chi connectivity index (χ0) is 9.42. The summed E-state index contributed by atoms with van der Waals surface area (Å²) in [7, 11) is 1.47. The fraction of sp³-hybridized carbons (Fsp3) is 0.900. The molecular formula is C10H17NO2. The third-order valence-electron chi connectivity index (χ3n) is 3.36. The van der Waals surface area contributed by atoms with Gasteiger partial charge in [-0.1, -0.05) is 0 Å². The summed E-state index contributed by atoms with van der Waals surface area (Å²) in [5.74, 6) is 0.784. The van der Waals surface area contributed by atoms with Crippen molar-refractivity contribution in [2.45, 2.75) is 38.3 Å². The van der Waals surface area contributed by atoms with Gasteiger partial charge in [0.15, 0.2) is 0 Å². The van der Waals surface area contributed by atoms with Crippen molar-refractivity contribution >= 4 is 5.97 Å². The van der Waals surface area contributed by atoms with Crippen molar-refractivity contribution in [2.75, 3.05) is 13.7 Å². The van der Waals surface area contributed by atoms with Crippen LogP contribution in [0.15, 0.2) is 0 Å². The smallest absolute Gasteiger partial charge is 0.323 e. The van der Waals surface area contributed by atoms with Crippen LogP contribution in [-0.2, 0) is 9.53 Å². The minimum atomic E-state index is -0.0567. The lowest BCUT2D eigenvalue weighted by molar-refractivity contribution is -0.153. The number of rotatable bonds is 3. The first kappa shape index (κ1) is 9.00. The number of hydrogen-bond donors (Lipinski definition) is 0. The number of carbonyl (C=O) groups is 1. The Kier molecular flexibility index (Phi) is 2.28. The first-order valence-electron chi connectivity index (χ1n) is 5.07. The minimum Gasteiger partial charge on any atom is -0.468 e. The summed E-state index contributed by atoms with van der Waals surface area (Å²) in [4.78, 5) is 13.6. The van der Waals surface area contributed by atoms with E-state index in [1.807, 2.05) is 0 Å². The van der Waals surface area contributed by atoms with E-state index in [-0.39, 0.29) is 12.0 Å². The van der Waals surface area contributed by atoms with Gasteiger partial charge in [0.1, 0.15) is 6.04 Å². The van der Waals surface area contributed by atoms with Crippen LogP contribution >= 0.6 is 0 Å². The lowest BCUT2D eigenvalue weighted by Gasteiger charge is -2.43. The zero-order valence-electron chi connectivity index (χ0n) is 8.32. The van der Waals surface area contributed by atoms with Gasteiger partial charge in [-0.2, -0.15) is 0 Å². The molecule has 1 heterocycles. The molecule has 1 saturated heterocycles. The Labute approximate surface area is 79.0 Å². The van der Waals surface area contributed by atoms with E-state index in [4.69, 9.17) is 4.74 Å². The van der Waals surface area contributed by atoms with Gasteiger partial charge in [0.05, 0.1) is 7.11 Å². The van der Waals surface area contributed by atoms with Gasteiger partial charge in [-0.25, -0.2) is 0 Å². The molecule has 0 bridgehead atoms. The topological polar surface area (TPSA) is 29.5 Å². The third-order valence-corrected chi connectivity index (χ3v) is 3.36. The van der Waals surface area contributed by atoms with Gasteiger partial charge in [0.2, 0.25) is 0 Å². The van der Waals surface area contributed by atoms with Crippen molar-refractivity contribution in [1.82, 2.24) is 4.90 Å². The third kappa shape index (κ3) is 1.57. The molecule has 2 atom stereocenters. The van der Waals surface area contributed by atoms with E-state index in [2.05, 4.69) is 11.8 Å². The SMILES string of the molecule is COC(=O)C1CCN1C(C)C1CC1. The molecule has 2 rings (SSSR count). The predicted molar refractivity (Wildman–Crippen MR) is 49.3 cm³/mol. The molecule has 0 amide bonds. The standard InChI is InChI=1S/C10H17NO2/c1-7(8-3-4-8)11-6-5-9(11)10(12)13-2/h7-9H,3-6H2,1-2H3. The van der Waals surface area contributed by atoms with E-state index in [1.165, 1.54) is 20.0 Å². The molecule has 0 N–H and O–H groups in total. The van der Waals surface area contributed by atoms with E-state index < -0.39 is 0 Å². The van der Waals surface area contributed by atoms with E-state index in [1.54, 1.807) is 0 Å². The summed E-state index contributed by atoms with van der Waals surface area (Å²) in [5.41, 5.74) is 0. The average molecular weight is 183 g/mol. The van der Waals surface area contributed by atoms with Crippen LogP contribution in [0.1, 0.15) is 26.2 Å². The van der Waals surface area contributed by atoms with Gasteiger partial charge < -0.3 is 4.74 Å². The molecule has 74 valence electrons. The van der Waals surface area contributed by atoms with E-state index in [0.29, 0.717) is 6.04 Å². The molecule has 3 heteroatoms. The molecule has 0 spiro atoms. The van der Waals surface area contributed by atoms with Gasteiger partial charge >= 0.3 is 5.97 Å². The molecule has 0 aromatic carbocycles. The summed E-state index contributed by atoms with van der Waals surface area (Å²) in [5, 5.41) is 0. The van der Waals surface area contributed by atoms with Crippen molar-refractivity contribution in [2.24, 2.45) is 5.92 Å². The molecule has 13 heavy (non-hydrogen) atoms. The predicted octanol–water partition coefficient (Wildman–Crippen LogP) is 1.03. The van der Waals surface area contributed by atoms with Crippen molar-refractivity contribution < 1.29 is 9.53 Å². The van der Waals surface area contributed by atoms with Gasteiger partial charge in [0, 0.05) is 12.6 Å². The Morgan fingerprint density at radius 2 is 2.15 bits per heavy atom. The summed E-state index contributed by atoms with van der Waals surface area (Å²) >= 11 is 0. The fourth-order valence-corrected chi connectivity index (χ4v) is 2.13. The second-order valence-corrected chi connectivity index (χ2v) is 4.14. The van der Waals surface area contributed by atoms with Crippen LogP contribution in [-0.4, -0.2) is 36.6 Å². The van der Waals surface area contributed by atoms with Gasteiger partial charge in [-0.3, -0.25) is 9.69 Å². The van der Waals surface area contributed by atoms with Crippen molar-refractivity contribution in [1.29, 1.82) is 0 Å². The summed E-state index contributed by atoms with van der Waals surface area (Å²) in [6.07, 6.45) is 3.65. The molecule has 3 nitrogen and oxygen atoms in total. The molecule has 2 unspecified atom stereocenters. The number of carbonyl (C=O) groups excluding carboxylic acids is 1. The van der Waals surface area contributed by atoms with E-state index >= 15 is 0 Å². The van der Waals surface area contributed by atoms with E-state index in [0.717, 1.165) is 18.9 Å². The van der Waals surface area contributed by atoms with Gasteiger partial charge in [-0.15, -0.1) is 0 Å². The van der Waals surface area contributed by atoms with Gasteiger partial charge in [0.25, 0.3) is 0 Å². The highest BCUT2D eigenvalue weighted by Gasteiger charge is 2.42. The first-order chi connectivity index (χ1) is 6.24. The lowest BCUT2D eigenvalue weighted by atomic mass is 9.98. The quantitative estimate of drug-likeness (QED) is 0.612. The molecule has 0 aromatic rings. The first-order valence-corrected chi connectivity index (χ1v) is 5.07. The van der Waals surface area contributed by atoms with E-state index in [9.17, 15) is 4.79 Å². The number of nitrogens with zero attached hydrogens (tertiary/aromatic N) is 1. The van der Waals surface area contributed by atoms with Crippen molar-refractivity contribution in [3.8, 4) is 0 Å². The van der Waals surface area contributed by atoms with Crippen LogP contribution in [0.25, 0.3) is 0 Å². The largest absolute Gasteiger partial charge is 0.468 e.